The number of amides is 2. The summed E-state index contributed by atoms with van der Waals surface area (Å²) in [6.45, 7) is 5.17. The fraction of sp³-hybridized carbons (Fsp3) is 0.645. The third-order valence-electron chi connectivity index (χ3n) is 10.5. The van der Waals surface area contributed by atoms with Gasteiger partial charge < -0.3 is 19.4 Å². The number of hydrogen-bond donors (Lipinski definition) is 0. The number of aromatic nitrogens is 2. The molecule has 0 unspecified atom stereocenters. The summed E-state index contributed by atoms with van der Waals surface area (Å²) in [7, 11) is 8.35. The first-order valence-electron chi connectivity index (χ1n) is 14.9. The minimum Gasteiger partial charge on any atom is -0.376 e. The van der Waals surface area contributed by atoms with Gasteiger partial charge in [0.05, 0.1) is 42.3 Å². The number of benzene rings is 1. The van der Waals surface area contributed by atoms with Gasteiger partial charge in [-0.3, -0.25) is 9.80 Å². The summed E-state index contributed by atoms with van der Waals surface area (Å²) in [6, 6.07) is 11.0. The highest BCUT2D eigenvalue weighted by molar-refractivity contribution is 5.95. The van der Waals surface area contributed by atoms with E-state index in [0.29, 0.717) is 13.1 Å². The molecule has 0 radical (unpaired) electrons. The average Bonchev–Trinajstić information content (AvgIpc) is 3.22. The smallest absolute Gasteiger partial charge is 0.325 e. The molecule has 1 aromatic heterocycles. The third kappa shape index (κ3) is 4.65. The zero-order valence-electron chi connectivity index (χ0n) is 24.7. The number of nitrogens with zero attached hydrogens (tertiary/aromatic N) is 7. The minimum atomic E-state index is -0.234. The summed E-state index contributed by atoms with van der Waals surface area (Å²) in [5.74, 6) is 0.749. The topological polar surface area (TPSA) is 68.3 Å². The first-order chi connectivity index (χ1) is 19.3. The predicted octanol–water partition coefficient (Wildman–Crippen LogP) is 3.81. The van der Waals surface area contributed by atoms with Gasteiger partial charge in [0, 0.05) is 38.8 Å². The van der Waals surface area contributed by atoms with E-state index in [1.165, 1.54) is 5.56 Å². The summed E-state index contributed by atoms with van der Waals surface area (Å²) < 4.78 is 6.04. The van der Waals surface area contributed by atoms with E-state index < -0.39 is 0 Å². The van der Waals surface area contributed by atoms with Gasteiger partial charge in [0.25, 0.3) is 0 Å². The Balaban J connectivity index is 1.27. The molecule has 2 aliphatic carbocycles. The van der Waals surface area contributed by atoms with E-state index in [4.69, 9.17) is 14.7 Å². The van der Waals surface area contributed by atoms with Crippen molar-refractivity contribution in [3.63, 3.8) is 0 Å². The van der Waals surface area contributed by atoms with E-state index in [2.05, 4.69) is 71.1 Å². The number of carbonyl (C=O) groups is 1. The molecule has 9 heteroatoms. The molecule has 0 atom stereocenters. The normalized spacial score (nSPS) is 28.9. The van der Waals surface area contributed by atoms with E-state index in [1.54, 1.807) is 0 Å². The fourth-order valence-corrected chi connectivity index (χ4v) is 7.44. The third-order valence-corrected chi connectivity index (χ3v) is 10.5. The Hall–Kier alpha value is -2.75. The largest absolute Gasteiger partial charge is 0.376 e. The van der Waals surface area contributed by atoms with E-state index in [9.17, 15) is 4.79 Å². The highest BCUT2D eigenvalue weighted by atomic mass is 16.5. The molecule has 3 heterocycles. The summed E-state index contributed by atoms with van der Waals surface area (Å²) >= 11 is 0. The van der Waals surface area contributed by atoms with Crippen molar-refractivity contribution in [3.8, 4) is 0 Å². The first-order valence-corrected chi connectivity index (χ1v) is 14.9. The number of anilines is 2. The van der Waals surface area contributed by atoms with Crippen molar-refractivity contribution >= 4 is 17.7 Å². The molecule has 0 N–H and O–H groups in total. The molecule has 2 saturated carbocycles. The maximum atomic E-state index is 14.2. The first kappa shape index (κ1) is 27.4. The van der Waals surface area contributed by atoms with Crippen molar-refractivity contribution in [2.75, 3.05) is 77.3 Å². The summed E-state index contributed by atoms with van der Waals surface area (Å²) in [5, 5.41) is 0. The molecule has 4 aliphatic rings. The van der Waals surface area contributed by atoms with Gasteiger partial charge in [0.2, 0.25) is 5.95 Å². The lowest BCUT2D eigenvalue weighted by atomic mass is 9.67. The number of hydrogen-bond acceptors (Lipinski definition) is 7. The molecule has 2 aliphatic heterocycles. The number of piperazine rings is 1. The molecule has 4 fully saturated rings. The van der Waals surface area contributed by atoms with Gasteiger partial charge in [-0.2, -0.15) is 0 Å². The van der Waals surface area contributed by atoms with Gasteiger partial charge in [-0.05, 0) is 71.7 Å². The Kier molecular flexibility index (Phi) is 7.25. The lowest BCUT2D eigenvalue weighted by molar-refractivity contribution is -0.0996. The SMILES string of the molecule is COC1(CN2C(=O)N(c3cnc(N4CCN(C)CC4)nc3)CC23CCC(c2ccccc2)(N(C)C)CC3)CCC1. The number of urea groups is 1. The summed E-state index contributed by atoms with van der Waals surface area (Å²) in [5.41, 5.74) is 1.66. The molecule has 0 bridgehead atoms. The van der Waals surface area contributed by atoms with Crippen LogP contribution in [0.3, 0.4) is 0 Å². The zero-order chi connectivity index (χ0) is 28.0. The second-order valence-corrected chi connectivity index (χ2v) is 12.7. The molecule has 1 aromatic carbocycles. The fourth-order valence-electron chi connectivity index (χ4n) is 7.44. The molecule has 6 rings (SSSR count). The molecular formula is C31H45N7O2. The van der Waals surface area contributed by atoms with Crippen LogP contribution in [-0.4, -0.2) is 109 Å². The Morgan fingerprint density at radius 2 is 1.57 bits per heavy atom. The molecule has 1 spiro atoms. The minimum absolute atomic E-state index is 0.0304. The highest BCUT2D eigenvalue weighted by Crippen LogP contribution is 2.50. The van der Waals surface area contributed by atoms with Crippen LogP contribution in [0.1, 0.15) is 50.5 Å². The van der Waals surface area contributed by atoms with Crippen LogP contribution in [0, 0.1) is 0 Å². The lowest BCUT2D eigenvalue weighted by Crippen LogP contribution is -2.60. The van der Waals surface area contributed by atoms with Crippen molar-refractivity contribution in [1.29, 1.82) is 0 Å². The Bertz CT molecular complexity index is 1160. The monoisotopic (exact) mass is 547 g/mol. The van der Waals surface area contributed by atoms with Gasteiger partial charge in [-0.25, -0.2) is 14.8 Å². The second-order valence-electron chi connectivity index (χ2n) is 12.7. The van der Waals surface area contributed by atoms with Crippen LogP contribution in [-0.2, 0) is 10.3 Å². The van der Waals surface area contributed by atoms with Crippen molar-refractivity contribution in [2.45, 2.75) is 61.6 Å². The highest BCUT2D eigenvalue weighted by Gasteiger charge is 2.57. The Morgan fingerprint density at radius 3 is 2.12 bits per heavy atom. The van der Waals surface area contributed by atoms with E-state index in [0.717, 1.165) is 82.8 Å². The number of rotatable bonds is 7. The Morgan fingerprint density at radius 1 is 0.925 bits per heavy atom. The number of ether oxygens (including phenoxy) is 1. The maximum Gasteiger partial charge on any atom is 0.325 e. The standard InChI is InChI=1S/C31H45N7O2/c1-34(2)31(25-9-6-5-7-10-25)15-13-29(14-16-31)23-37(28(39)38(29)24-30(40-4)11-8-12-30)26-21-32-27(33-22-26)36-19-17-35(3)18-20-36/h5-7,9-10,21-22H,8,11-20,23-24H2,1-4H3. The van der Waals surface area contributed by atoms with Crippen LogP contribution in [0.25, 0.3) is 0 Å². The zero-order valence-corrected chi connectivity index (χ0v) is 24.7. The van der Waals surface area contributed by atoms with Crippen LogP contribution in [0.5, 0.6) is 0 Å². The van der Waals surface area contributed by atoms with Gasteiger partial charge >= 0.3 is 6.03 Å². The van der Waals surface area contributed by atoms with Crippen molar-refractivity contribution in [1.82, 2.24) is 24.7 Å². The molecular weight excluding hydrogens is 502 g/mol. The number of likely N-dealkylation sites (N-methyl/N-ethyl adjacent to an activating group) is 1. The molecule has 2 saturated heterocycles. The van der Waals surface area contributed by atoms with E-state index in [-0.39, 0.29) is 22.7 Å². The quantitative estimate of drug-likeness (QED) is 0.522. The maximum absolute atomic E-state index is 14.2. The summed E-state index contributed by atoms with van der Waals surface area (Å²) in [4.78, 5) is 34.7. The van der Waals surface area contributed by atoms with Crippen LogP contribution in [0.15, 0.2) is 42.7 Å². The van der Waals surface area contributed by atoms with E-state index in [1.807, 2.05) is 24.4 Å². The lowest BCUT2D eigenvalue weighted by Gasteiger charge is -2.53. The van der Waals surface area contributed by atoms with Crippen LogP contribution >= 0.6 is 0 Å². The van der Waals surface area contributed by atoms with Crippen molar-refractivity contribution < 1.29 is 9.53 Å². The second kappa shape index (κ2) is 10.6. The predicted molar refractivity (Wildman–Crippen MR) is 158 cm³/mol. The van der Waals surface area contributed by atoms with Gasteiger partial charge in [0.15, 0.2) is 0 Å². The number of methoxy groups -OCH3 is 1. The molecule has 40 heavy (non-hydrogen) atoms. The van der Waals surface area contributed by atoms with Crippen LogP contribution in [0.2, 0.25) is 0 Å². The average molecular weight is 548 g/mol. The van der Waals surface area contributed by atoms with E-state index >= 15 is 0 Å². The van der Waals surface area contributed by atoms with Gasteiger partial charge in [-0.1, -0.05) is 30.3 Å². The van der Waals surface area contributed by atoms with Crippen LogP contribution in [0.4, 0.5) is 16.4 Å². The summed E-state index contributed by atoms with van der Waals surface area (Å²) in [6.07, 6.45) is 10.8. The molecule has 2 amide bonds. The number of carbonyl (C=O) groups excluding carboxylic acids is 1. The van der Waals surface area contributed by atoms with Crippen molar-refractivity contribution in [2.24, 2.45) is 0 Å². The van der Waals surface area contributed by atoms with Crippen LogP contribution < -0.4 is 9.80 Å². The Labute approximate surface area is 239 Å². The molecule has 9 nitrogen and oxygen atoms in total. The molecule has 216 valence electrons. The molecule has 2 aromatic rings. The van der Waals surface area contributed by atoms with Crippen molar-refractivity contribution in [3.05, 3.63) is 48.3 Å². The van der Waals surface area contributed by atoms with Gasteiger partial charge in [0.1, 0.15) is 0 Å². The van der Waals surface area contributed by atoms with Gasteiger partial charge in [-0.15, -0.1) is 0 Å².